The van der Waals surface area contributed by atoms with Gasteiger partial charge in [-0.25, -0.2) is 0 Å². The second-order valence-corrected chi connectivity index (χ2v) is 13.0. The van der Waals surface area contributed by atoms with Crippen molar-refractivity contribution in [3.05, 3.63) is 199 Å². The molecule has 8 rings (SSSR count). The summed E-state index contributed by atoms with van der Waals surface area (Å²) in [6.45, 7) is 12.4. The smallest absolute Gasteiger partial charge is 0.0541 e. The van der Waals surface area contributed by atoms with E-state index < -0.39 is 0 Å². The first-order valence-electron chi connectivity index (χ1n) is 18.8. The highest BCUT2D eigenvalue weighted by atomic mass is 15.0. The Morgan fingerprint density at radius 3 is 1.66 bits per heavy atom. The number of benzene rings is 6. The lowest BCUT2D eigenvalue weighted by Gasteiger charge is -2.13. The Kier molecular flexibility index (Phi) is 12.0. The van der Waals surface area contributed by atoms with E-state index in [2.05, 4.69) is 194 Å². The molecule has 0 unspecified atom stereocenters. The maximum Gasteiger partial charge on any atom is 0.0541 e. The van der Waals surface area contributed by atoms with Gasteiger partial charge in [0.2, 0.25) is 0 Å². The summed E-state index contributed by atoms with van der Waals surface area (Å²) in [5.41, 5.74) is 13.4. The standard InChI is InChI=1S/C46H35N.C4H8.C2H6/c1-32-24-26-34(27-25-32)39-19-8-3-5-14-33(2)46(42-22-10-9-20-40(39)42)37-16-13-15-35(30-37)36-28-29-45-43(31-36)41-21-11-12-23-44(41)47(45)38-17-6-4-7-18-38;1-3-4-2;1-2/h3-31H,1-2H3;3-4H,1-2H3;1-2H3/b;4-3-;. The molecule has 0 atom stereocenters. The van der Waals surface area contributed by atoms with Crippen LogP contribution in [0, 0.1) is 13.8 Å². The van der Waals surface area contributed by atoms with E-state index in [4.69, 9.17) is 0 Å². The van der Waals surface area contributed by atoms with Crippen LogP contribution in [0.25, 0.3) is 71.6 Å². The lowest BCUT2D eigenvalue weighted by atomic mass is 9.91. The van der Waals surface area contributed by atoms with Crippen molar-refractivity contribution in [1.82, 2.24) is 4.57 Å². The van der Waals surface area contributed by atoms with Gasteiger partial charge in [-0.1, -0.05) is 171 Å². The van der Waals surface area contributed by atoms with Gasteiger partial charge < -0.3 is 4.57 Å². The molecule has 53 heavy (non-hydrogen) atoms. The average Bonchev–Trinajstić information content (AvgIpc) is 3.55. The molecule has 0 spiro atoms. The minimum Gasteiger partial charge on any atom is -0.309 e. The Labute approximate surface area is 315 Å². The molecule has 262 valence electrons. The third-order valence-corrected chi connectivity index (χ3v) is 9.58. The Balaban J connectivity index is 0.000000752. The third-order valence-electron chi connectivity index (χ3n) is 9.58. The van der Waals surface area contributed by atoms with Crippen LogP contribution in [-0.4, -0.2) is 4.57 Å². The molecule has 1 nitrogen and oxygen atoms in total. The van der Waals surface area contributed by atoms with Gasteiger partial charge in [-0.3, -0.25) is 0 Å². The van der Waals surface area contributed by atoms with Gasteiger partial charge in [0.15, 0.2) is 0 Å². The zero-order valence-electron chi connectivity index (χ0n) is 31.8. The van der Waals surface area contributed by atoms with Gasteiger partial charge in [-0.05, 0) is 114 Å². The van der Waals surface area contributed by atoms with Crippen LogP contribution in [0.4, 0.5) is 0 Å². The van der Waals surface area contributed by atoms with E-state index in [0.29, 0.717) is 0 Å². The number of hydrogen-bond acceptors (Lipinski definition) is 0. The molecule has 0 aliphatic rings. The van der Waals surface area contributed by atoms with Gasteiger partial charge >= 0.3 is 0 Å². The summed E-state index contributed by atoms with van der Waals surface area (Å²) < 4.78 is 2.37. The predicted octanol–water partition coefficient (Wildman–Crippen LogP) is 15.3. The topological polar surface area (TPSA) is 4.93 Å². The van der Waals surface area contributed by atoms with E-state index in [-0.39, 0.29) is 0 Å². The quantitative estimate of drug-likeness (QED) is 0.162. The van der Waals surface area contributed by atoms with Crippen LogP contribution < -0.4 is 0 Å². The van der Waals surface area contributed by atoms with E-state index in [1.54, 1.807) is 0 Å². The predicted molar refractivity (Wildman–Crippen MR) is 234 cm³/mol. The first kappa shape index (κ1) is 36.6. The molecule has 0 radical (unpaired) electrons. The van der Waals surface area contributed by atoms with Crippen LogP contribution in [0.3, 0.4) is 0 Å². The van der Waals surface area contributed by atoms with Crippen LogP contribution in [0.2, 0.25) is 0 Å². The first-order chi connectivity index (χ1) is 26.1. The molecule has 0 saturated heterocycles. The average molecular weight is 688 g/mol. The van der Waals surface area contributed by atoms with Crippen LogP contribution in [-0.2, 0) is 0 Å². The third kappa shape index (κ3) is 7.86. The van der Waals surface area contributed by atoms with Crippen LogP contribution in [0.15, 0.2) is 188 Å². The molecular formula is C52H49N. The van der Waals surface area contributed by atoms with Gasteiger partial charge in [0.05, 0.1) is 11.0 Å². The number of aromatic nitrogens is 1. The molecule has 7 aromatic carbocycles. The van der Waals surface area contributed by atoms with Crippen molar-refractivity contribution in [2.24, 2.45) is 0 Å². The highest BCUT2D eigenvalue weighted by Crippen LogP contribution is 2.38. The maximum atomic E-state index is 2.37. The van der Waals surface area contributed by atoms with Crippen LogP contribution >= 0.6 is 0 Å². The Bertz CT molecular complexity index is 2540. The van der Waals surface area contributed by atoms with E-state index >= 15 is 0 Å². The molecule has 0 fully saturated rings. The van der Waals surface area contributed by atoms with Crippen molar-refractivity contribution in [1.29, 1.82) is 0 Å². The van der Waals surface area contributed by atoms with Crippen molar-refractivity contribution in [2.75, 3.05) is 0 Å². The highest BCUT2D eigenvalue weighted by Gasteiger charge is 2.14. The lowest BCUT2D eigenvalue weighted by molar-refractivity contribution is 1.18. The van der Waals surface area contributed by atoms with Gasteiger partial charge in [0, 0.05) is 16.5 Å². The van der Waals surface area contributed by atoms with Crippen LogP contribution in [0.1, 0.15) is 38.8 Å². The molecule has 0 bridgehead atoms. The van der Waals surface area contributed by atoms with Gasteiger partial charge in [0.1, 0.15) is 0 Å². The summed E-state index contributed by atoms with van der Waals surface area (Å²) in [4.78, 5) is 0. The number of nitrogens with zero attached hydrogens (tertiary/aromatic N) is 1. The molecule has 1 heterocycles. The number of allylic oxidation sites excluding steroid dienone is 2. The molecule has 8 aromatic rings. The van der Waals surface area contributed by atoms with Crippen molar-refractivity contribution >= 4 is 32.6 Å². The second kappa shape index (κ2) is 17.4. The number of para-hydroxylation sites is 2. The van der Waals surface area contributed by atoms with Gasteiger partial charge in [-0.2, -0.15) is 0 Å². The zero-order valence-corrected chi connectivity index (χ0v) is 31.8. The monoisotopic (exact) mass is 687 g/mol. The molecule has 0 aliphatic heterocycles. The Morgan fingerprint density at radius 1 is 0.396 bits per heavy atom. The van der Waals surface area contributed by atoms with Gasteiger partial charge in [-0.15, -0.1) is 0 Å². The summed E-state index contributed by atoms with van der Waals surface area (Å²) >= 11 is 0. The maximum absolute atomic E-state index is 2.37. The second-order valence-electron chi connectivity index (χ2n) is 13.0. The normalized spacial score (nSPS) is 10.8. The summed E-state index contributed by atoms with van der Waals surface area (Å²) in [5, 5.41) is 4.98. The van der Waals surface area contributed by atoms with Crippen molar-refractivity contribution in [2.45, 2.75) is 41.5 Å². The number of fused-ring (bicyclic) bond motifs is 4. The summed E-state index contributed by atoms with van der Waals surface area (Å²) in [6.07, 6.45) is 4.00. The fourth-order valence-corrected chi connectivity index (χ4v) is 6.97. The summed E-state index contributed by atoms with van der Waals surface area (Å²) in [6, 6.07) is 63.9. The molecular weight excluding hydrogens is 639 g/mol. The minimum atomic E-state index is 1.17. The Hall–Kier alpha value is -6.18. The minimum absolute atomic E-state index is 1.17. The zero-order chi connectivity index (χ0) is 37.2. The molecule has 1 heteroatoms. The lowest BCUT2D eigenvalue weighted by Crippen LogP contribution is -1.92. The summed E-state index contributed by atoms with van der Waals surface area (Å²) in [7, 11) is 0. The van der Waals surface area contributed by atoms with Crippen molar-refractivity contribution < 1.29 is 0 Å². The number of aryl methyl sites for hydroxylation is 2. The largest absolute Gasteiger partial charge is 0.309 e. The molecule has 0 aliphatic carbocycles. The first-order valence-corrected chi connectivity index (χ1v) is 18.8. The number of hydrogen-bond donors (Lipinski definition) is 0. The SMILES string of the molecule is C/C=C\C.CC.Cc1ccc(-c2cccccc(C)c(-c3cccc(-c4ccc5c(c4)c4ccccc4n5-c4ccccc4)c3)c3ccccc23)cc1. The van der Waals surface area contributed by atoms with E-state index in [1.165, 1.54) is 82.8 Å². The molecule has 0 amide bonds. The van der Waals surface area contributed by atoms with E-state index in [9.17, 15) is 0 Å². The fraction of sp³-hybridized carbons (Fsp3) is 0.115. The van der Waals surface area contributed by atoms with Crippen molar-refractivity contribution in [3.63, 3.8) is 0 Å². The van der Waals surface area contributed by atoms with Gasteiger partial charge in [0.25, 0.3) is 0 Å². The Morgan fingerprint density at radius 2 is 0.943 bits per heavy atom. The molecule has 1 aromatic heterocycles. The van der Waals surface area contributed by atoms with Crippen LogP contribution in [0.5, 0.6) is 0 Å². The van der Waals surface area contributed by atoms with E-state index in [0.717, 1.165) is 0 Å². The highest BCUT2D eigenvalue weighted by molar-refractivity contribution is 6.10. The molecule has 0 N–H and O–H groups in total. The summed E-state index contributed by atoms with van der Waals surface area (Å²) in [5.74, 6) is 0. The van der Waals surface area contributed by atoms with Crippen molar-refractivity contribution in [3.8, 4) is 39.1 Å². The van der Waals surface area contributed by atoms with E-state index in [1.807, 2.05) is 39.8 Å². The number of rotatable bonds is 4. The fourth-order valence-electron chi connectivity index (χ4n) is 6.97. The molecule has 0 saturated carbocycles.